The molecule has 0 aromatic heterocycles. The smallest absolute Gasteiger partial charge is 0.261 e. The van der Waals surface area contributed by atoms with Gasteiger partial charge in [0, 0.05) is 6.04 Å². The maximum atomic E-state index is 13.5. The molecule has 1 aliphatic heterocycles. The second kappa shape index (κ2) is 7.24. The number of amides is 1. The summed E-state index contributed by atoms with van der Waals surface area (Å²) < 4.78 is 19.0. The highest BCUT2D eigenvalue weighted by molar-refractivity contribution is 5.81. The van der Waals surface area contributed by atoms with Gasteiger partial charge in [0.05, 0.1) is 0 Å². The number of halogens is 1. The van der Waals surface area contributed by atoms with Gasteiger partial charge in [-0.1, -0.05) is 19.1 Å². The van der Waals surface area contributed by atoms with E-state index in [1.165, 1.54) is 12.1 Å². The lowest BCUT2D eigenvalue weighted by Crippen LogP contribution is -2.47. The van der Waals surface area contributed by atoms with Crippen LogP contribution >= 0.6 is 0 Å². The Kier molecular flexibility index (Phi) is 5.35. The van der Waals surface area contributed by atoms with Crippen LogP contribution in [0.15, 0.2) is 24.3 Å². The van der Waals surface area contributed by atoms with Crippen molar-refractivity contribution in [2.45, 2.75) is 38.3 Å². The first-order chi connectivity index (χ1) is 9.70. The highest BCUT2D eigenvalue weighted by Crippen LogP contribution is 2.18. The second-order valence-corrected chi connectivity index (χ2v) is 4.98. The number of carbonyl (C=O) groups excluding carboxylic acids is 1. The molecule has 1 saturated heterocycles. The largest absolute Gasteiger partial charge is 0.478 e. The van der Waals surface area contributed by atoms with Crippen LogP contribution in [0.3, 0.4) is 0 Å². The summed E-state index contributed by atoms with van der Waals surface area (Å²) in [5.41, 5.74) is 0. The minimum atomic E-state index is -0.651. The van der Waals surface area contributed by atoms with Gasteiger partial charge < -0.3 is 15.4 Å². The van der Waals surface area contributed by atoms with Gasteiger partial charge in [0.1, 0.15) is 0 Å². The molecule has 0 radical (unpaired) electrons. The number of rotatable bonds is 5. The minimum Gasteiger partial charge on any atom is -0.478 e. The molecule has 1 heterocycles. The van der Waals surface area contributed by atoms with Crippen LogP contribution in [-0.4, -0.2) is 31.1 Å². The van der Waals surface area contributed by atoms with E-state index in [9.17, 15) is 9.18 Å². The van der Waals surface area contributed by atoms with Crippen molar-refractivity contribution in [3.05, 3.63) is 30.1 Å². The van der Waals surface area contributed by atoms with Crippen LogP contribution in [0.2, 0.25) is 0 Å². The first kappa shape index (κ1) is 14.8. The Balaban J connectivity index is 1.93. The van der Waals surface area contributed by atoms with E-state index in [0.29, 0.717) is 6.42 Å². The van der Waals surface area contributed by atoms with E-state index < -0.39 is 11.9 Å². The molecule has 0 saturated carbocycles. The number of nitrogens with one attached hydrogen (secondary N) is 2. The van der Waals surface area contributed by atoms with E-state index in [1.54, 1.807) is 12.1 Å². The minimum absolute atomic E-state index is 0.125. The van der Waals surface area contributed by atoms with Crippen LogP contribution in [0, 0.1) is 5.82 Å². The summed E-state index contributed by atoms with van der Waals surface area (Å²) in [4.78, 5) is 12.2. The zero-order valence-electron chi connectivity index (χ0n) is 11.7. The number of hydrogen-bond donors (Lipinski definition) is 2. The summed E-state index contributed by atoms with van der Waals surface area (Å²) in [6.07, 6.45) is 1.69. The van der Waals surface area contributed by atoms with Crippen LogP contribution in [-0.2, 0) is 4.79 Å². The molecule has 20 heavy (non-hydrogen) atoms. The normalized spacial score (nSPS) is 17.5. The third kappa shape index (κ3) is 3.93. The first-order valence-electron chi connectivity index (χ1n) is 7.13. The van der Waals surface area contributed by atoms with E-state index in [4.69, 9.17) is 4.74 Å². The van der Waals surface area contributed by atoms with Gasteiger partial charge in [-0.25, -0.2) is 4.39 Å². The number of piperidine rings is 1. The van der Waals surface area contributed by atoms with E-state index in [2.05, 4.69) is 10.6 Å². The lowest BCUT2D eigenvalue weighted by atomic mass is 10.1. The topological polar surface area (TPSA) is 50.4 Å². The average molecular weight is 280 g/mol. The van der Waals surface area contributed by atoms with Gasteiger partial charge in [0.15, 0.2) is 17.7 Å². The second-order valence-electron chi connectivity index (χ2n) is 4.98. The Labute approximate surface area is 118 Å². The van der Waals surface area contributed by atoms with Gasteiger partial charge in [0.25, 0.3) is 5.91 Å². The van der Waals surface area contributed by atoms with Gasteiger partial charge in [-0.05, 0) is 44.5 Å². The Bertz CT molecular complexity index is 447. The first-order valence-corrected chi connectivity index (χ1v) is 7.13. The Morgan fingerprint density at radius 1 is 1.45 bits per heavy atom. The molecule has 5 heteroatoms. The van der Waals surface area contributed by atoms with Crippen molar-refractivity contribution in [2.24, 2.45) is 0 Å². The lowest BCUT2D eigenvalue weighted by molar-refractivity contribution is -0.129. The fourth-order valence-electron chi connectivity index (χ4n) is 2.28. The molecule has 0 spiro atoms. The highest BCUT2D eigenvalue weighted by Gasteiger charge is 2.23. The molecule has 110 valence electrons. The number of hydrogen-bond acceptors (Lipinski definition) is 3. The Hall–Kier alpha value is -1.62. The molecule has 1 aliphatic rings. The third-order valence-electron chi connectivity index (χ3n) is 3.45. The fraction of sp³-hybridized carbons (Fsp3) is 0.533. The third-order valence-corrected chi connectivity index (χ3v) is 3.45. The van der Waals surface area contributed by atoms with Gasteiger partial charge in [-0.15, -0.1) is 0 Å². The predicted molar refractivity (Wildman–Crippen MR) is 75.1 cm³/mol. The van der Waals surface area contributed by atoms with Gasteiger partial charge in [-0.3, -0.25) is 4.79 Å². The van der Waals surface area contributed by atoms with Crippen LogP contribution in [0.5, 0.6) is 5.75 Å². The average Bonchev–Trinajstić information content (AvgIpc) is 2.47. The molecule has 2 N–H and O–H groups in total. The SMILES string of the molecule is CCC(Oc1ccccc1F)C(=O)NC1CCNCC1. The van der Waals surface area contributed by atoms with E-state index in [-0.39, 0.29) is 17.7 Å². The fourth-order valence-corrected chi connectivity index (χ4v) is 2.28. The summed E-state index contributed by atoms with van der Waals surface area (Å²) in [6.45, 7) is 3.68. The van der Waals surface area contributed by atoms with Gasteiger partial charge in [0.2, 0.25) is 0 Å². The highest BCUT2D eigenvalue weighted by atomic mass is 19.1. The standard InChI is InChI=1S/C15H21FN2O2/c1-2-13(20-14-6-4-3-5-12(14)16)15(19)18-11-7-9-17-10-8-11/h3-6,11,13,17H,2,7-10H2,1H3,(H,18,19). The monoisotopic (exact) mass is 280 g/mol. The van der Waals surface area contributed by atoms with Crippen molar-refractivity contribution in [2.75, 3.05) is 13.1 Å². The molecular formula is C15H21FN2O2. The Morgan fingerprint density at radius 2 is 2.15 bits per heavy atom. The number of para-hydroxylation sites is 1. The summed E-state index contributed by atoms with van der Waals surface area (Å²) >= 11 is 0. The number of carbonyl (C=O) groups is 1. The van der Waals surface area contributed by atoms with Crippen molar-refractivity contribution in [3.8, 4) is 5.75 Å². The maximum Gasteiger partial charge on any atom is 0.261 e. The molecule has 1 amide bonds. The van der Waals surface area contributed by atoms with E-state index >= 15 is 0 Å². The summed E-state index contributed by atoms with van der Waals surface area (Å²) in [7, 11) is 0. The predicted octanol–water partition coefficient (Wildman–Crippen LogP) is 1.85. The van der Waals surface area contributed by atoms with Crippen LogP contribution in [0.4, 0.5) is 4.39 Å². The van der Waals surface area contributed by atoms with Crippen LogP contribution in [0.1, 0.15) is 26.2 Å². The molecule has 0 aliphatic carbocycles. The van der Waals surface area contributed by atoms with Crippen molar-refractivity contribution in [1.29, 1.82) is 0 Å². The van der Waals surface area contributed by atoms with Gasteiger partial charge >= 0.3 is 0 Å². The number of ether oxygens (including phenoxy) is 1. The summed E-state index contributed by atoms with van der Waals surface area (Å²) in [6, 6.07) is 6.33. The van der Waals surface area contributed by atoms with Gasteiger partial charge in [-0.2, -0.15) is 0 Å². The zero-order chi connectivity index (χ0) is 14.4. The zero-order valence-corrected chi connectivity index (χ0v) is 11.7. The van der Waals surface area contributed by atoms with Crippen molar-refractivity contribution in [1.82, 2.24) is 10.6 Å². The molecule has 1 unspecified atom stereocenters. The van der Waals surface area contributed by atoms with Crippen molar-refractivity contribution < 1.29 is 13.9 Å². The molecule has 4 nitrogen and oxygen atoms in total. The Morgan fingerprint density at radius 3 is 2.80 bits per heavy atom. The van der Waals surface area contributed by atoms with Crippen LogP contribution < -0.4 is 15.4 Å². The quantitative estimate of drug-likeness (QED) is 0.865. The molecule has 0 bridgehead atoms. The molecule has 2 rings (SSSR count). The van der Waals surface area contributed by atoms with Crippen molar-refractivity contribution >= 4 is 5.91 Å². The molecule has 1 atom stereocenters. The number of benzene rings is 1. The van der Waals surface area contributed by atoms with E-state index in [1.807, 2.05) is 6.92 Å². The summed E-state index contributed by atoms with van der Waals surface area (Å²) in [5, 5.41) is 6.23. The molecule has 1 fully saturated rings. The maximum absolute atomic E-state index is 13.5. The van der Waals surface area contributed by atoms with Crippen LogP contribution in [0.25, 0.3) is 0 Å². The summed E-state index contributed by atoms with van der Waals surface area (Å²) in [5.74, 6) is -0.483. The molecular weight excluding hydrogens is 259 g/mol. The molecule has 1 aromatic carbocycles. The lowest BCUT2D eigenvalue weighted by Gasteiger charge is -2.26. The van der Waals surface area contributed by atoms with E-state index in [0.717, 1.165) is 25.9 Å². The molecule has 1 aromatic rings. The van der Waals surface area contributed by atoms with Crippen molar-refractivity contribution in [3.63, 3.8) is 0 Å².